The summed E-state index contributed by atoms with van der Waals surface area (Å²) in [7, 11) is -2.14. The highest BCUT2D eigenvalue weighted by Gasteiger charge is 2.29. The number of amides is 2. The quantitative estimate of drug-likeness (QED) is 0.430. The van der Waals surface area contributed by atoms with Crippen molar-refractivity contribution in [1.82, 2.24) is 10.2 Å². The van der Waals surface area contributed by atoms with Crippen molar-refractivity contribution < 1.29 is 22.7 Å². The maximum atomic E-state index is 13.3. The van der Waals surface area contributed by atoms with Crippen LogP contribution in [0, 0.1) is 0 Å². The largest absolute Gasteiger partial charge is 0.495 e. The topological polar surface area (TPSA) is 96.0 Å². The number of para-hydroxylation sites is 2. The van der Waals surface area contributed by atoms with Gasteiger partial charge in [-0.3, -0.25) is 13.9 Å². The average Bonchev–Trinajstić information content (AvgIpc) is 2.82. The number of likely N-dealkylation sites (N-methyl/N-ethyl adjacent to an activating group) is 1. The number of carbonyl (C=O) groups excluding carboxylic acids is 2. The molecule has 0 aliphatic heterocycles. The first-order valence-electron chi connectivity index (χ1n) is 11.5. The lowest BCUT2D eigenvalue weighted by Gasteiger charge is -2.31. The van der Waals surface area contributed by atoms with E-state index < -0.39 is 16.1 Å². The van der Waals surface area contributed by atoms with Gasteiger partial charge in [-0.1, -0.05) is 42.8 Å². The molecule has 0 fully saturated rings. The van der Waals surface area contributed by atoms with E-state index in [0.29, 0.717) is 29.4 Å². The number of ether oxygens (including phenoxy) is 1. The van der Waals surface area contributed by atoms with E-state index in [1.807, 2.05) is 26.0 Å². The Balaban J connectivity index is 2.22. The number of hydrogen-bond acceptors (Lipinski definition) is 5. The van der Waals surface area contributed by atoms with Crippen LogP contribution in [0.1, 0.15) is 38.7 Å². The van der Waals surface area contributed by atoms with E-state index in [0.717, 1.165) is 11.8 Å². The maximum absolute atomic E-state index is 13.3. The molecule has 0 bridgehead atoms. The number of rotatable bonds is 13. The van der Waals surface area contributed by atoms with Crippen molar-refractivity contribution >= 4 is 39.1 Å². The molecule has 0 aliphatic rings. The van der Waals surface area contributed by atoms with Crippen LogP contribution in [0.15, 0.2) is 48.5 Å². The Hall–Kier alpha value is -2.78. The maximum Gasteiger partial charge on any atom is 0.242 e. The smallest absolute Gasteiger partial charge is 0.242 e. The average molecular weight is 524 g/mol. The highest BCUT2D eigenvalue weighted by Crippen LogP contribution is 2.29. The van der Waals surface area contributed by atoms with Gasteiger partial charge in [0.05, 0.1) is 19.1 Å². The summed E-state index contributed by atoms with van der Waals surface area (Å²) in [5.41, 5.74) is 1.26. The summed E-state index contributed by atoms with van der Waals surface area (Å²) in [4.78, 5) is 27.6. The molecule has 0 unspecified atom stereocenters. The fourth-order valence-electron chi connectivity index (χ4n) is 3.82. The first-order chi connectivity index (χ1) is 16.6. The lowest BCUT2D eigenvalue weighted by atomic mass is 10.1. The number of carbonyl (C=O) groups is 2. The Labute approximate surface area is 213 Å². The Morgan fingerprint density at radius 2 is 1.74 bits per heavy atom. The lowest BCUT2D eigenvalue weighted by molar-refractivity contribution is -0.141. The van der Waals surface area contributed by atoms with E-state index in [1.165, 1.54) is 11.4 Å². The second-order valence-electron chi connectivity index (χ2n) is 8.08. The first-order valence-corrected chi connectivity index (χ1v) is 13.8. The normalized spacial score (nSPS) is 12.0. The van der Waals surface area contributed by atoms with Crippen molar-refractivity contribution in [3.05, 3.63) is 59.1 Å². The van der Waals surface area contributed by atoms with Crippen molar-refractivity contribution in [1.29, 1.82) is 0 Å². The van der Waals surface area contributed by atoms with E-state index in [9.17, 15) is 18.0 Å². The molecule has 0 heterocycles. The molecule has 0 saturated carbocycles. The molecule has 192 valence electrons. The number of benzene rings is 2. The number of halogens is 1. The van der Waals surface area contributed by atoms with Crippen LogP contribution in [0.25, 0.3) is 0 Å². The van der Waals surface area contributed by atoms with Gasteiger partial charge in [-0.2, -0.15) is 0 Å². The van der Waals surface area contributed by atoms with Gasteiger partial charge in [-0.15, -0.1) is 0 Å². The fraction of sp³-hybridized carbons (Fsp3) is 0.440. The summed E-state index contributed by atoms with van der Waals surface area (Å²) in [6, 6.07) is 13.3. The molecule has 0 radical (unpaired) electrons. The van der Waals surface area contributed by atoms with Crippen molar-refractivity contribution in [2.75, 3.05) is 30.8 Å². The van der Waals surface area contributed by atoms with Gasteiger partial charge < -0.3 is 15.0 Å². The third kappa shape index (κ3) is 8.14. The molecule has 0 saturated heterocycles. The van der Waals surface area contributed by atoms with Gasteiger partial charge in [0.25, 0.3) is 0 Å². The van der Waals surface area contributed by atoms with Crippen LogP contribution in [0.5, 0.6) is 5.75 Å². The summed E-state index contributed by atoms with van der Waals surface area (Å²) in [6.07, 6.45) is 1.91. The van der Waals surface area contributed by atoms with Crippen LogP contribution in [0.2, 0.25) is 5.02 Å². The van der Waals surface area contributed by atoms with Crippen LogP contribution in [-0.4, -0.2) is 57.6 Å². The zero-order chi connectivity index (χ0) is 26.0. The summed E-state index contributed by atoms with van der Waals surface area (Å²) in [6.45, 7) is 4.48. The molecule has 35 heavy (non-hydrogen) atoms. The molecule has 2 aromatic rings. The van der Waals surface area contributed by atoms with Gasteiger partial charge in [0.15, 0.2) is 0 Å². The molecular weight excluding hydrogens is 490 g/mol. The van der Waals surface area contributed by atoms with E-state index in [4.69, 9.17) is 16.3 Å². The van der Waals surface area contributed by atoms with Crippen LogP contribution in [0.3, 0.4) is 0 Å². The van der Waals surface area contributed by atoms with E-state index in [1.54, 1.807) is 41.3 Å². The monoisotopic (exact) mass is 523 g/mol. The Morgan fingerprint density at radius 3 is 2.31 bits per heavy atom. The Morgan fingerprint density at radius 1 is 1.09 bits per heavy atom. The minimum Gasteiger partial charge on any atom is -0.495 e. The molecular formula is C25H34ClN3O5S. The molecule has 1 atom stereocenters. The predicted molar refractivity (Wildman–Crippen MR) is 139 cm³/mol. The number of nitrogens with zero attached hydrogens (tertiary/aromatic N) is 2. The highest BCUT2D eigenvalue weighted by atomic mass is 35.5. The van der Waals surface area contributed by atoms with Crippen molar-refractivity contribution in [3.8, 4) is 5.75 Å². The molecule has 0 spiro atoms. The number of hydrogen-bond donors (Lipinski definition) is 1. The van der Waals surface area contributed by atoms with Crippen molar-refractivity contribution in [2.24, 2.45) is 0 Å². The first kappa shape index (κ1) is 28.5. The van der Waals surface area contributed by atoms with Gasteiger partial charge >= 0.3 is 0 Å². The van der Waals surface area contributed by atoms with Crippen LogP contribution in [0.4, 0.5) is 5.69 Å². The van der Waals surface area contributed by atoms with E-state index >= 15 is 0 Å². The molecule has 2 aromatic carbocycles. The minimum absolute atomic E-state index is 0.0741. The van der Waals surface area contributed by atoms with Gasteiger partial charge in [0, 0.05) is 31.1 Å². The second kappa shape index (κ2) is 13.3. The Kier molecular flexibility index (Phi) is 10.9. The van der Waals surface area contributed by atoms with Gasteiger partial charge in [0.2, 0.25) is 21.8 Å². The van der Waals surface area contributed by atoms with Crippen molar-refractivity contribution in [3.63, 3.8) is 0 Å². The van der Waals surface area contributed by atoms with Crippen LogP contribution in [-0.2, 0) is 26.2 Å². The van der Waals surface area contributed by atoms with Gasteiger partial charge in [0.1, 0.15) is 11.8 Å². The highest BCUT2D eigenvalue weighted by molar-refractivity contribution is 7.92. The third-order valence-corrected chi connectivity index (χ3v) is 6.94. The molecule has 0 aliphatic carbocycles. The molecule has 0 aromatic heterocycles. The predicted octanol–water partition coefficient (Wildman–Crippen LogP) is 3.84. The Bertz CT molecular complexity index is 1090. The van der Waals surface area contributed by atoms with Crippen molar-refractivity contribution in [2.45, 2.75) is 45.7 Å². The molecule has 2 rings (SSSR count). The second-order valence-corrected chi connectivity index (χ2v) is 10.4. The summed E-state index contributed by atoms with van der Waals surface area (Å²) >= 11 is 5.99. The van der Waals surface area contributed by atoms with Gasteiger partial charge in [-0.25, -0.2) is 8.42 Å². The standard InChI is InChI=1S/C25H34ClN3O5S/c1-5-21(25(31)27-6-2)28(18-19-13-15-20(26)16-14-19)24(30)12-9-17-29(35(4,32)33)22-10-7-8-11-23(22)34-3/h7-8,10-11,13-16,21H,5-6,9,12,17-18H2,1-4H3,(H,27,31)/t21-/m0/s1. The summed E-state index contributed by atoms with van der Waals surface area (Å²) in [5.74, 6) is -0.0217. The zero-order valence-electron chi connectivity index (χ0n) is 20.7. The number of nitrogens with one attached hydrogen (secondary N) is 1. The van der Waals surface area contributed by atoms with E-state index in [-0.39, 0.29) is 37.7 Å². The molecule has 10 heteroatoms. The zero-order valence-corrected chi connectivity index (χ0v) is 22.2. The van der Waals surface area contributed by atoms with E-state index in [2.05, 4.69) is 5.32 Å². The lowest BCUT2D eigenvalue weighted by Crippen LogP contribution is -2.49. The summed E-state index contributed by atoms with van der Waals surface area (Å²) < 4.78 is 31.6. The van der Waals surface area contributed by atoms with Crippen LogP contribution >= 0.6 is 11.6 Å². The third-order valence-electron chi connectivity index (χ3n) is 5.51. The summed E-state index contributed by atoms with van der Waals surface area (Å²) in [5, 5.41) is 3.38. The number of anilines is 1. The SMILES string of the molecule is CCNC(=O)[C@H](CC)N(Cc1ccc(Cl)cc1)C(=O)CCCN(c1ccccc1OC)S(C)(=O)=O. The minimum atomic E-state index is -3.61. The number of methoxy groups -OCH3 is 1. The number of sulfonamides is 1. The molecule has 8 nitrogen and oxygen atoms in total. The fourth-order valence-corrected chi connectivity index (χ4v) is 4.91. The van der Waals surface area contributed by atoms with Gasteiger partial charge in [-0.05, 0) is 49.6 Å². The molecule has 2 amide bonds. The molecule has 1 N–H and O–H groups in total. The van der Waals surface area contributed by atoms with Crippen LogP contribution < -0.4 is 14.4 Å².